The van der Waals surface area contributed by atoms with Crippen molar-refractivity contribution in [1.82, 2.24) is 0 Å². The number of nitrogens with one attached hydrogen (secondary N) is 3. The molecule has 2 amide bonds. The Hall–Kier alpha value is -2.58. The second-order valence-corrected chi connectivity index (χ2v) is 6.52. The minimum absolute atomic E-state index is 0.0577. The summed E-state index contributed by atoms with van der Waals surface area (Å²) < 4.78 is 39.6. The molecule has 0 saturated heterocycles. The fourth-order valence-corrected chi connectivity index (χ4v) is 2.63. The maximum Gasteiger partial charge on any atom is 0.279 e. The Morgan fingerprint density at radius 1 is 0.963 bits per heavy atom. The van der Waals surface area contributed by atoms with Gasteiger partial charge in [0.2, 0.25) is 0 Å². The van der Waals surface area contributed by atoms with Crippen LogP contribution >= 0.6 is 11.6 Å². The highest BCUT2D eigenvalue weighted by Crippen LogP contribution is 2.22. The van der Waals surface area contributed by atoms with Crippen LogP contribution in [0.3, 0.4) is 0 Å². The highest BCUT2D eigenvalue weighted by atomic mass is 35.5. The molecule has 0 radical (unpaired) electrons. The van der Waals surface area contributed by atoms with Crippen LogP contribution in [0.5, 0.6) is 0 Å². The summed E-state index contributed by atoms with van der Waals surface area (Å²) in [5.41, 5.74) is 0.929. The van der Waals surface area contributed by atoms with Crippen LogP contribution in [0.2, 0.25) is 5.02 Å². The molecule has 0 saturated carbocycles. The van der Waals surface area contributed by atoms with Gasteiger partial charge in [-0.15, -0.1) is 0 Å². The first-order valence-electron chi connectivity index (χ1n) is 7.98. The first-order chi connectivity index (χ1) is 12.7. The molecule has 0 aliphatic heterocycles. The summed E-state index contributed by atoms with van der Waals surface area (Å²) in [7, 11) is 1.58. The average molecular weight is 401 g/mol. The number of carbonyl (C=O) groups is 2. The lowest BCUT2D eigenvalue weighted by Gasteiger charge is -2.14. The van der Waals surface area contributed by atoms with Gasteiger partial charge in [0.05, 0.1) is 23.4 Å². The van der Waals surface area contributed by atoms with Crippen LogP contribution in [0.4, 0.5) is 24.5 Å². The zero-order valence-corrected chi connectivity index (χ0v) is 15.4. The molecule has 0 aliphatic rings. The molecule has 27 heavy (non-hydrogen) atoms. The molecule has 144 valence electrons. The predicted octanol–water partition coefficient (Wildman–Crippen LogP) is 2.16. The lowest BCUT2D eigenvalue weighted by atomic mass is 10.2. The van der Waals surface area contributed by atoms with Crippen LogP contribution in [-0.2, 0) is 9.59 Å². The first kappa shape index (κ1) is 20.7. The number of likely N-dealkylation sites (N-methyl/N-ethyl adjacent to an activating group) is 1. The van der Waals surface area contributed by atoms with Crippen molar-refractivity contribution >= 4 is 34.8 Å². The fraction of sp³-hybridized carbons (Fsp3) is 0.222. The van der Waals surface area contributed by atoms with E-state index < -0.39 is 29.0 Å². The van der Waals surface area contributed by atoms with Crippen LogP contribution in [0.25, 0.3) is 0 Å². The van der Waals surface area contributed by atoms with E-state index in [0.29, 0.717) is 21.7 Å². The third-order valence-electron chi connectivity index (χ3n) is 3.63. The Kier molecular flexibility index (Phi) is 6.81. The van der Waals surface area contributed by atoms with Gasteiger partial charge in [-0.2, -0.15) is 0 Å². The van der Waals surface area contributed by atoms with Crippen LogP contribution in [0.1, 0.15) is 5.56 Å². The fourth-order valence-electron chi connectivity index (χ4n) is 2.34. The van der Waals surface area contributed by atoms with Crippen LogP contribution < -0.4 is 15.5 Å². The smallest absolute Gasteiger partial charge is 0.279 e. The maximum atomic E-state index is 13.6. The Morgan fingerprint density at radius 3 is 2.11 bits per heavy atom. The Bertz CT molecular complexity index is 877. The highest BCUT2D eigenvalue weighted by molar-refractivity contribution is 6.33. The number of halogens is 4. The van der Waals surface area contributed by atoms with Crippen LogP contribution in [-0.4, -0.2) is 32.0 Å². The number of amides is 2. The van der Waals surface area contributed by atoms with Crippen LogP contribution in [0.15, 0.2) is 30.3 Å². The third-order valence-corrected chi connectivity index (χ3v) is 3.95. The van der Waals surface area contributed by atoms with Crippen molar-refractivity contribution in [3.05, 3.63) is 58.4 Å². The molecular weight excluding hydrogens is 383 g/mol. The number of aryl methyl sites for hydroxylation is 1. The van der Waals surface area contributed by atoms with E-state index in [-0.39, 0.29) is 19.0 Å². The van der Waals surface area contributed by atoms with Crippen molar-refractivity contribution in [3.8, 4) is 0 Å². The van der Waals surface area contributed by atoms with E-state index in [1.165, 1.54) is 0 Å². The zero-order chi connectivity index (χ0) is 20.1. The van der Waals surface area contributed by atoms with Crippen molar-refractivity contribution in [1.29, 1.82) is 0 Å². The third kappa shape index (κ3) is 5.70. The second kappa shape index (κ2) is 8.88. The molecule has 2 rings (SSSR count). The molecule has 0 bridgehead atoms. The summed E-state index contributed by atoms with van der Waals surface area (Å²) in [4.78, 5) is 24.5. The van der Waals surface area contributed by atoms with Crippen LogP contribution in [0, 0.1) is 24.4 Å². The summed E-state index contributed by atoms with van der Waals surface area (Å²) in [6.45, 7) is 1.62. The zero-order valence-electron chi connectivity index (χ0n) is 14.6. The highest BCUT2D eigenvalue weighted by Gasteiger charge is 2.19. The number of rotatable bonds is 6. The lowest BCUT2D eigenvalue weighted by molar-refractivity contribution is -0.862. The molecule has 2 aromatic rings. The Morgan fingerprint density at radius 2 is 1.52 bits per heavy atom. The molecule has 9 heteroatoms. The molecule has 0 spiro atoms. The van der Waals surface area contributed by atoms with Gasteiger partial charge < -0.3 is 15.5 Å². The van der Waals surface area contributed by atoms with Crippen molar-refractivity contribution in [3.63, 3.8) is 0 Å². The molecule has 1 atom stereocenters. The predicted molar refractivity (Wildman–Crippen MR) is 96.4 cm³/mol. The largest absolute Gasteiger partial charge is 0.322 e. The van der Waals surface area contributed by atoms with E-state index in [1.54, 1.807) is 25.2 Å². The van der Waals surface area contributed by atoms with E-state index in [9.17, 15) is 22.8 Å². The van der Waals surface area contributed by atoms with Gasteiger partial charge in [-0.05, 0) is 36.8 Å². The van der Waals surface area contributed by atoms with Gasteiger partial charge in [0.25, 0.3) is 11.8 Å². The average Bonchev–Trinajstić information content (AvgIpc) is 2.57. The number of anilines is 2. The maximum absolute atomic E-state index is 13.6. The van der Waals surface area contributed by atoms with Gasteiger partial charge in [0, 0.05) is 0 Å². The van der Waals surface area contributed by atoms with Crippen molar-refractivity contribution in [2.24, 2.45) is 0 Å². The molecule has 0 heterocycles. The first-order valence-corrected chi connectivity index (χ1v) is 8.36. The molecular formula is C18H18ClF3N3O2+. The second-order valence-electron chi connectivity index (χ2n) is 6.11. The lowest BCUT2D eigenvalue weighted by Crippen LogP contribution is -3.11. The number of quaternary nitrogens is 1. The summed E-state index contributed by atoms with van der Waals surface area (Å²) in [5.74, 6) is -5.51. The molecule has 1 unspecified atom stereocenters. The number of benzene rings is 2. The number of hydrogen-bond donors (Lipinski definition) is 3. The number of hydrogen-bond acceptors (Lipinski definition) is 2. The molecule has 0 fully saturated rings. The van der Waals surface area contributed by atoms with E-state index in [4.69, 9.17) is 11.6 Å². The molecule has 0 aliphatic carbocycles. The van der Waals surface area contributed by atoms with Gasteiger partial charge in [-0.25, -0.2) is 13.2 Å². The van der Waals surface area contributed by atoms with Gasteiger partial charge in [0.1, 0.15) is 0 Å². The van der Waals surface area contributed by atoms with E-state index in [2.05, 4.69) is 10.6 Å². The molecule has 2 aromatic carbocycles. The van der Waals surface area contributed by atoms with E-state index in [1.807, 2.05) is 6.92 Å². The van der Waals surface area contributed by atoms with E-state index >= 15 is 0 Å². The molecule has 3 N–H and O–H groups in total. The normalized spacial score (nSPS) is 11.8. The van der Waals surface area contributed by atoms with Gasteiger partial charge in [-0.1, -0.05) is 17.7 Å². The van der Waals surface area contributed by atoms with E-state index in [0.717, 1.165) is 11.6 Å². The topological polar surface area (TPSA) is 62.6 Å². The van der Waals surface area contributed by atoms with Crippen molar-refractivity contribution < 1.29 is 27.7 Å². The van der Waals surface area contributed by atoms with Crippen molar-refractivity contribution in [2.75, 3.05) is 30.8 Å². The summed E-state index contributed by atoms with van der Waals surface area (Å²) in [5, 5.41) is 5.19. The van der Waals surface area contributed by atoms with Gasteiger partial charge >= 0.3 is 0 Å². The standard InChI is InChI=1S/C18H17ClF3N3O2/c1-10-3-5-13(11(19)7-10)23-15(26)8-25(2)9-16(27)24-14-6-4-12(20)17(21)18(14)22/h3-7H,8-9H2,1-2H3,(H,23,26)(H,24,27)/p+1. The van der Waals surface area contributed by atoms with Gasteiger partial charge in [0.15, 0.2) is 30.5 Å². The minimum Gasteiger partial charge on any atom is -0.322 e. The molecule has 5 nitrogen and oxygen atoms in total. The minimum atomic E-state index is -1.66. The Labute approximate surface area is 159 Å². The summed E-state index contributed by atoms with van der Waals surface area (Å²) in [6.07, 6.45) is 0. The van der Waals surface area contributed by atoms with Crippen molar-refractivity contribution in [2.45, 2.75) is 6.92 Å². The quantitative estimate of drug-likeness (QED) is 0.651. The molecule has 0 aromatic heterocycles. The Balaban J connectivity index is 1.89. The number of carbonyl (C=O) groups excluding carboxylic acids is 2. The summed E-state index contributed by atoms with van der Waals surface area (Å²) >= 11 is 6.04. The summed E-state index contributed by atoms with van der Waals surface area (Å²) in [6, 6.07) is 6.80. The SMILES string of the molecule is Cc1ccc(NC(=O)C[NH+](C)CC(=O)Nc2ccc(F)c(F)c2F)c(Cl)c1. The van der Waals surface area contributed by atoms with Gasteiger partial charge in [-0.3, -0.25) is 9.59 Å². The monoisotopic (exact) mass is 400 g/mol.